The number of aliphatic hydroxyl groups is 1. The molecule has 10 N–H and O–H groups in total. The van der Waals surface area contributed by atoms with Gasteiger partial charge in [0.2, 0.25) is 30.0 Å². The normalized spacial score (nSPS) is 11.6. The number of aliphatic hydroxyl groups excluding tert-OH is 1. The number of carboxylic acid groups (broad SMARTS) is 2. The fourth-order valence-electron chi connectivity index (χ4n) is 13.0. The summed E-state index contributed by atoms with van der Waals surface area (Å²) in [5, 5.41) is 72.7. The number of carbonyl (C=O) groups is 3. The van der Waals surface area contributed by atoms with Crippen molar-refractivity contribution < 1.29 is 85.4 Å². The molecule has 45 heteroatoms. The second-order valence-electron chi connectivity index (χ2n) is 34.4. The maximum atomic E-state index is 12.4. The highest BCUT2D eigenvalue weighted by atomic mass is 127. The minimum absolute atomic E-state index is 0.0126. The molecular formula is C91H102Cl4IN17O18S2Si3. The predicted molar refractivity (Wildman–Crippen MR) is 541 cm³/mol. The van der Waals surface area contributed by atoms with E-state index in [1.807, 2.05) is 121 Å². The van der Waals surface area contributed by atoms with Crippen LogP contribution in [0, 0.1) is 3.57 Å². The van der Waals surface area contributed by atoms with Gasteiger partial charge in [-0.25, -0.2) is 41.2 Å². The van der Waals surface area contributed by atoms with Crippen LogP contribution in [0.2, 0.25) is 97.1 Å². The number of carbonyl (C=O) groups excluding carboxylic acids is 1. The summed E-state index contributed by atoms with van der Waals surface area (Å²) in [6.45, 7) is 21.3. The summed E-state index contributed by atoms with van der Waals surface area (Å²) < 4.78 is 86.6. The second-order valence-corrected chi connectivity index (χ2v) is 57.9. The lowest BCUT2D eigenvalue weighted by Gasteiger charge is -2.16. The van der Waals surface area contributed by atoms with Crippen LogP contribution in [0.3, 0.4) is 0 Å². The fraction of sp³-hybridized carbons (Fsp3) is 0.264. The summed E-state index contributed by atoms with van der Waals surface area (Å²) in [6, 6.07) is 55.8. The molecule has 35 nitrogen and oxygen atoms in total. The zero-order chi connectivity index (χ0) is 98.6. The predicted octanol–water partition coefficient (Wildman–Crippen LogP) is 19.5. The number of aromatic nitrogens is 16. The molecule has 16 rings (SSSR count). The average Bonchev–Trinajstić information content (AvgIpc) is 1.60. The van der Waals surface area contributed by atoms with Crippen molar-refractivity contribution in [2.45, 2.75) is 108 Å². The quantitative estimate of drug-likeness (QED) is 0.00615. The first-order chi connectivity index (χ1) is 64.4. The Labute approximate surface area is 819 Å². The molecule has 0 aliphatic rings. The molecule has 0 spiro atoms. The van der Waals surface area contributed by atoms with Crippen LogP contribution in [-0.2, 0) is 73.2 Å². The molecule has 8 aromatic carbocycles. The fourth-order valence-corrected chi connectivity index (χ4v) is 18.3. The van der Waals surface area contributed by atoms with Gasteiger partial charge in [-0.3, -0.25) is 44.5 Å². The van der Waals surface area contributed by atoms with Crippen molar-refractivity contribution in [1.82, 2.24) is 79.4 Å². The van der Waals surface area contributed by atoms with Crippen LogP contribution >= 0.6 is 69.0 Å². The van der Waals surface area contributed by atoms with Crippen LogP contribution in [0.1, 0.15) is 0 Å². The Hall–Kier alpha value is -11.5. The molecule has 0 aliphatic carbocycles. The Morgan fingerprint density at radius 2 is 0.765 bits per heavy atom. The van der Waals surface area contributed by atoms with E-state index in [-0.39, 0.29) is 47.8 Å². The molecule has 0 aliphatic heterocycles. The first-order valence-electron chi connectivity index (χ1n) is 41.9. The number of esters is 1. The zero-order valence-electron chi connectivity index (χ0n) is 76.1. The Balaban J connectivity index is 0.000000164. The number of H-pyrrole nitrogens is 5. The van der Waals surface area contributed by atoms with Crippen molar-refractivity contribution in [3.8, 4) is 90.4 Å². The zero-order valence-corrected chi connectivity index (χ0v) is 85.9. The molecular weight excluding hydrogens is 2040 g/mol. The van der Waals surface area contributed by atoms with E-state index in [9.17, 15) is 31.2 Å². The summed E-state index contributed by atoms with van der Waals surface area (Å²) >= 11 is 28.0. The van der Waals surface area contributed by atoms with Crippen LogP contribution in [0.4, 0.5) is 5.69 Å². The number of hydrogen-bond donors (Lipinski definition) is 10. The number of nitrogens with zero attached hydrogens (tertiary/aromatic N) is 12. The third-order valence-corrected chi connectivity index (χ3v) is 29.7. The maximum Gasteiger partial charge on any atom is 0.341 e. The molecule has 16 aromatic rings. The monoisotopic (exact) mass is 2140 g/mol. The SMILES string of the molecule is COC(=O)CO.C[Si](C)(C)CCOCn1c(OCC(=O)O)nc2cc(-c3ccc(-c4ccn[nH]4)cc3)c(Cl)cc21.C[Si](C)(C)CCOCn1c(S(C)(=O)=O)nc2cc(-c3ccc(-c4ccn[nH]4)cc3)c(Cl)cc21.C[Si](C)(C)CCOCn1c(S(C)(=O)=O)nc2cc(I)c(Cl)cc21.O=C(O)COc1nc2cc(-c3ccc(-c4ccn[nH]4)cc3)c(Cl)cc2[nH]1.ON(O)c1ccc(-c2ccn[nH]2)cc1. The Kier molecular flexibility index (Phi) is 36.3. The molecule has 0 saturated heterocycles. The van der Waals surface area contributed by atoms with Crippen LogP contribution < -0.4 is 14.7 Å². The van der Waals surface area contributed by atoms with E-state index in [4.69, 9.17) is 95.8 Å². The van der Waals surface area contributed by atoms with Gasteiger partial charge < -0.3 is 48.7 Å². The smallest absolute Gasteiger partial charge is 0.341 e. The maximum absolute atomic E-state index is 12.4. The van der Waals surface area contributed by atoms with E-state index in [1.165, 1.54) is 7.11 Å². The summed E-state index contributed by atoms with van der Waals surface area (Å²) in [4.78, 5) is 51.7. The van der Waals surface area contributed by atoms with Gasteiger partial charge in [-0.15, -0.1) is 5.23 Å². The molecule has 718 valence electrons. The highest BCUT2D eigenvalue weighted by Crippen LogP contribution is 2.39. The lowest BCUT2D eigenvalue weighted by molar-refractivity contribution is -0.144. The highest BCUT2D eigenvalue weighted by molar-refractivity contribution is 14.1. The number of methoxy groups -OCH3 is 1. The highest BCUT2D eigenvalue weighted by Gasteiger charge is 2.26. The molecule has 0 fully saturated rings. The molecule has 0 amide bonds. The van der Waals surface area contributed by atoms with Gasteiger partial charge in [-0.1, -0.05) is 190 Å². The number of hydrogen-bond acceptors (Lipinski definition) is 25. The number of nitrogens with one attached hydrogen (secondary N) is 5. The van der Waals surface area contributed by atoms with Crippen LogP contribution in [0.25, 0.3) is 123 Å². The van der Waals surface area contributed by atoms with Gasteiger partial charge in [-0.05, 0) is 165 Å². The number of benzene rings is 8. The topological polar surface area (TPSA) is 476 Å². The molecule has 0 radical (unpaired) electrons. The summed E-state index contributed by atoms with van der Waals surface area (Å²) in [5.74, 6) is -2.74. The van der Waals surface area contributed by atoms with E-state index < -0.39 is 81.6 Å². The minimum Gasteiger partial charge on any atom is -0.479 e. The Morgan fingerprint density at radius 3 is 1.10 bits per heavy atom. The van der Waals surface area contributed by atoms with E-state index in [0.717, 1.165) is 118 Å². The third kappa shape index (κ3) is 29.8. The van der Waals surface area contributed by atoms with Crippen molar-refractivity contribution in [2.24, 2.45) is 0 Å². The number of anilines is 1. The van der Waals surface area contributed by atoms with E-state index in [0.29, 0.717) is 84.2 Å². The summed E-state index contributed by atoms with van der Waals surface area (Å²) in [7, 11) is -9.47. The molecule has 8 aromatic heterocycles. The van der Waals surface area contributed by atoms with Gasteiger partial charge in [-0.2, -0.15) is 30.4 Å². The van der Waals surface area contributed by atoms with Crippen molar-refractivity contribution in [3.63, 3.8) is 0 Å². The van der Waals surface area contributed by atoms with Gasteiger partial charge in [0.05, 0.1) is 99.8 Å². The molecule has 0 unspecified atom stereocenters. The van der Waals surface area contributed by atoms with Gasteiger partial charge in [0.1, 0.15) is 26.8 Å². The van der Waals surface area contributed by atoms with Crippen LogP contribution in [-0.4, -0.2) is 223 Å². The second kappa shape index (κ2) is 47.0. The van der Waals surface area contributed by atoms with Crippen molar-refractivity contribution in [2.75, 3.05) is 64.5 Å². The first kappa shape index (κ1) is 105. The van der Waals surface area contributed by atoms with Crippen molar-refractivity contribution in [1.29, 1.82) is 0 Å². The number of ether oxygens (including phenoxy) is 6. The van der Waals surface area contributed by atoms with Crippen LogP contribution in [0.15, 0.2) is 205 Å². The number of imidazole rings is 4. The first-order valence-corrected chi connectivity index (χ1v) is 59.4. The lowest BCUT2D eigenvalue weighted by Crippen LogP contribution is -2.22. The minimum atomic E-state index is -3.55. The van der Waals surface area contributed by atoms with Gasteiger partial charge in [0.25, 0.3) is 12.0 Å². The summed E-state index contributed by atoms with van der Waals surface area (Å²) in [6.07, 6.45) is 9.09. The molecule has 0 saturated carbocycles. The van der Waals surface area contributed by atoms with Crippen molar-refractivity contribution >= 4 is 181 Å². The lowest BCUT2D eigenvalue weighted by atomic mass is 10.0. The van der Waals surface area contributed by atoms with E-state index >= 15 is 0 Å². The number of aliphatic carboxylic acids is 2. The van der Waals surface area contributed by atoms with Crippen molar-refractivity contribution in [3.05, 3.63) is 218 Å². The third-order valence-electron chi connectivity index (χ3n) is 20.2. The number of halogens is 5. The number of sulfone groups is 2. The van der Waals surface area contributed by atoms with Gasteiger partial charge in [0, 0.05) is 102 Å². The molecule has 0 atom stereocenters. The number of fused-ring (bicyclic) bond motifs is 4. The van der Waals surface area contributed by atoms with E-state index in [2.05, 4.69) is 152 Å². The number of rotatable bonds is 32. The summed E-state index contributed by atoms with van der Waals surface area (Å²) in [5.41, 5.74) is 18.3. The van der Waals surface area contributed by atoms with E-state index in [1.54, 1.807) is 87.0 Å². The number of aromatic amines is 5. The van der Waals surface area contributed by atoms with Crippen LogP contribution in [0.5, 0.6) is 12.0 Å². The number of carboxylic acids is 2. The van der Waals surface area contributed by atoms with Gasteiger partial charge >= 0.3 is 17.9 Å². The van der Waals surface area contributed by atoms with Gasteiger partial charge in [0.15, 0.2) is 13.2 Å². The standard InChI is InChI=1S/C24H27ClN4O4Si.C23H27ClN4O3SSi.C18H13ClN4O3.C14H20ClIN2O3SSi.C9H9N3O2.C3H6O3/c1-34(2,3)11-10-32-15-29-22-13-19(25)18(12-21(22)27-24(29)33-14-23(30)31)16-4-6-17(7-5-16)20-8-9-26-28-20;1-32(29,30)23-26-21-13-18(16-5-7-17(8-6-16)20-9-10-25-27-20)19(24)14-22(21)28(23)15-31-11-12-33(2,3)4;19-13-8-16-15(21-18(22-16)26-9-17(24)25)7-12(13)10-1-3-11(4-2-10)14-5-6-20-23-14;1-22(19,20)14-17-12-8-11(16)10(15)7-13(12)18(14)9-21-5-6-23(2,3)4;13-12(14)8-3-1-7(2-4-8)9-5-6-10-11-9;1-6-3(5)2-4/h4-9,12-13H,10-11,14-15H2,1-3H3,(H,26,28)(H,30,31);5-10,13-14H,11-12,15H2,1-4H3,(H,25,27);1-8H,9H2,(H,20,23)(H,21,22)(H,24,25);7-8H,5-6,9H2,1-4H3;1-6,13-14H,(H,10,11);4H,2H2,1H3. The average molecular weight is 2140 g/mol. The largest absolute Gasteiger partial charge is 0.479 e. The molecule has 0 bridgehead atoms. The Bertz CT molecular complexity index is 6960. The Morgan fingerprint density at radius 1 is 0.434 bits per heavy atom. The molecule has 136 heavy (non-hydrogen) atoms. The molecule has 8 heterocycles.